The lowest BCUT2D eigenvalue weighted by Crippen LogP contribution is -2.46. The Kier molecular flexibility index (Phi) is 3.51. The number of carboxylic acids is 1. The molecule has 2 heterocycles. The normalized spacial score (nSPS) is 29.5. The SMILES string of the molecule is CC1(C(=O)O)CCN(C(=O)N2CCSCC2)C1. The monoisotopic (exact) mass is 258 g/mol. The van der Waals surface area contributed by atoms with Gasteiger partial charge in [-0.1, -0.05) is 0 Å². The first-order valence-electron chi connectivity index (χ1n) is 5.88. The summed E-state index contributed by atoms with van der Waals surface area (Å²) in [6.45, 7) is 4.18. The first-order chi connectivity index (χ1) is 8.03. The lowest BCUT2D eigenvalue weighted by Gasteiger charge is -2.31. The summed E-state index contributed by atoms with van der Waals surface area (Å²) in [7, 11) is 0. The zero-order valence-corrected chi connectivity index (χ0v) is 10.8. The van der Waals surface area contributed by atoms with Crippen LogP contribution in [0.15, 0.2) is 0 Å². The van der Waals surface area contributed by atoms with Crippen LogP contribution < -0.4 is 0 Å². The van der Waals surface area contributed by atoms with E-state index >= 15 is 0 Å². The predicted molar refractivity (Wildman–Crippen MR) is 66.2 cm³/mol. The number of urea groups is 1. The van der Waals surface area contributed by atoms with Crippen LogP contribution >= 0.6 is 11.8 Å². The van der Waals surface area contributed by atoms with Crippen LogP contribution in [0.2, 0.25) is 0 Å². The second-order valence-electron chi connectivity index (χ2n) is 4.92. The van der Waals surface area contributed by atoms with Gasteiger partial charge in [0.25, 0.3) is 0 Å². The molecular formula is C11H18N2O3S. The Bertz CT molecular complexity index is 331. The second-order valence-corrected chi connectivity index (χ2v) is 6.14. The average molecular weight is 258 g/mol. The molecule has 6 heteroatoms. The van der Waals surface area contributed by atoms with E-state index in [1.54, 1.807) is 11.8 Å². The first-order valence-corrected chi connectivity index (χ1v) is 7.03. The fourth-order valence-corrected chi connectivity index (χ4v) is 3.16. The highest BCUT2D eigenvalue weighted by molar-refractivity contribution is 7.99. The molecule has 0 aromatic heterocycles. The largest absolute Gasteiger partial charge is 0.481 e. The molecule has 96 valence electrons. The summed E-state index contributed by atoms with van der Waals surface area (Å²) >= 11 is 1.86. The molecular weight excluding hydrogens is 240 g/mol. The van der Waals surface area contributed by atoms with E-state index in [0.29, 0.717) is 19.5 Å². The molecule has 1 unspecified atom stereocenters. The Morgan fingerprint density at radius 3 is 2.35 bits per heavy atom. The van der Waals surface area contributed by atoms with Crippen molar-refractivity contribution in [2.45, 2.75) is 13.3 Å². The standard InChI is InChI=1S/C11H18N2O3S/c1-11(9(14)15)2-3-13(8-11)10(16)12-4-6-17-7-5-12/h2-8H2,1H3,(H,14,15). The Hall–Kier alpha value is -0.910. The topological polar surface area (TPSA) is 60.9 Å². The van der Waals surface area contributed by atoms with Gasteiger partial charge in [-0.2, -0.15) is 11.8 Å². The molecule has 17 heavy (non-hydrogen) atoms. The second kappa shape index (κ2) is 4.76. The minimum Gasteiger partial charge on any atom is -0.481 e. The number of likely N-dealkylation sites (tertiary alicyclic amines) is 1. The van der Waals surface area contributed by atoms with Crippen molar-refractivity contribution < 1.29 is 14.7 Å². The molecule has 2 aliphatic heterocycles. The quantitative estimate of drug-likeness (QED) is 0.761. The number of hydrogen-bond donors (Lipinski definition) is 1. The molecule has 0 radical (unpaired) electrons. The molecule has 2 fully saturated rings. The summed E-state index contributed by atoms with van der Waals surface area (Å²) in [5, 5.41) is 9.13. The van der Waals surface area contributed by atoms with E-state index in [2.05, 4.69) is 0 Å². The van der Waals surface area contributed by atoms with Gasteiger partial charge in [-0.25, -0.2) is 4.79 Å². The van der Waals surface area contributed by atoms with Crippen molar-refractivity contribution in [2.75, 3.05) is 37.7 Å². The summed E-state index contributed by atoms with van der Waals surface area (Å²) < 4.78 is 0. The summed E-state index contributed by atoms with van der Waals surface area (Å²) in [4.78, 5) is 26.8. The number of carbonyl (C=O) groups excluding carboxylic acids is 1. The van der Waals surface area contributed by atoms with Crippen molar-refractivity contribution in [3.63, 3.8) is 0 Å². The molecule has 2 rings (SSSR count). The Morgan fingerprint density at radius 1 is 1.18 bits per heavy atom. The number of thioether (sulfide) groups is 1. The van der Waals surface area contributed by atoms with Gasteiger partial charge in [-0.3, -0.25) is 4.79 Å². The van der Waals surface area contributed by atoms with Gasteiger partial charge in [0.2, 0.25) is 0 Å². The van der Waals surface area contributed by atoms with Crippen LogP contribution in [0.25, 0.3) is 0 Å². The van der Waals surface area contributed by atoms with E-state index in [1.807, 2.05) is 16.7 Å². The molecule has 2 aliphatic rings. The summed E-state index contributed by atoms with van der Waals surface area (Å²) in [6, 6.07) is 0.00951. The number of aliphatic carboxylic acids is 1. The molecule has 0 spiro atoms. The van der Waals surface area contributed by atoms with Gasteiger partial charge < -0.3 is 14.9 Å². The van der Waals surface area contributed by atoms with Crippen molar-refractivity contribution in [3.8, 4) is 0 Å². The number of nitrogens with zero attached hydrogens (tertiary/aromatic N) is 2. The number of amides is 2. The molecule has 0 bridgehead atoms. The highest BCUT2D eigenvalue weighted by Gasteiger charge is 2.43. The third kappa shape index (κ3) is 2.51. The van der Waals surface area contributed by atoms with Crippen LogP contribution in [0.1, 0.15) is 13.3 Å². The van der Waals surface area contributed by atoms with Gasteiger partial charge in [0.15, 0.2) is 0 Å². The van der Waals surface area contributed by atoms with E-state index in [0.717, 1.165) is 24.6 Å². The molecule has 0 aromatic carbocycles. The molecule has 2 saturated heterocycles. The lowest BCUT2D eigenvalue weighted by atomic mass is 9.90. The van der Waals surface area contributed by atoms with Crippen molar-refractivity contribution in [2.24, 2.45) is 5.41 Å². The molecule has 0 saturated carbocycles. The predicted octanol–water partition coefficient (Wildman–Crippen LogP) is 0.952. The maximum Gasteiger partial charge on any atom is 0.320 e. The van der Waals surface area contributed by atoms with Crippen LogP contribution in [0.3, 0.4) is 0 Å². The van der Waals surface area contributed by atoms with Gasteiger partial charge in [0.05, 0.1) is 5.41 Å². The van der Waals surface area contributed by atoms with Crippen LogP contribution in [-0.2, 0) is 4.79 Å². The Labute approximate surface area is 105 Å². The Morgan fingerprint density at radius 2 is 1.82 bits per heavy atom. The number of carboxylic acid groups (broad SMARTS) is 1. The maximum absolute atomic E-state index is 12.2. The summed E-state index contributed by atoms with van der Waals surface area (Å²) in [5.74, 6) is 1.16. The molecule has 1 atom stereocenters. The minimum atomic E-state index is -0.804. The zero-order chi connectivity index (χ0) is 12.5. The van der Waals surface area contributed by atoms with Gasteiger partial charge in [0.1, 0.15) is 0 Å². The number of rotatable bonds is 1. The third-order valence-corrected chi connectivity index (χ3v) is 4.48. The van der Waals surface area contributed by atoms with E-state index < -0.39 is 11.4 Å². The fraction of sp³-hybridized carbons (Fsp3) is 0.818. The van der Waals surface area contributed by atoms with Crippen molar-refractivity contribution in [3.05, 3.63) is 0 Å². The molecule has 0 aromatic rings. The zero-order valence-electron chi connectivity index (χ0n) is 10.0. The smallest absolute Gasteiger partial charge is 0.320 e. The third-order valence-electron chi connectivity index (χ3n) is 3.54. The minimum absolute atomic E-state index is 0.00951. The van der Waals surface area contributed by atoms with Gasteiger partial charge >= 0.3 is 12.0 Å². The summed E-state index contributed by atoms with van der Waals surface area (Å²) in [6.07, 6.45) is 0.552. The van der Waals surface area contributed by atoms with Gasteiger partial charge in [0, 0.05) is 37.7 Å². The molecule has 5 nitrogen and oxygen atoms in total. The highest BCUT2D eigenvalue weighted by Crippen LogP contribution is 2.30. The van der Waals surface area contributed by atoms with Crippen molar-refractivity contribution in [1.82, 2.24) is 9.80 Å². The average Bonchev–Trinajstić information content (AvgIpc) is 2.74. The number of carbonyl (C=O) groups is 2. The Balaban J connectivity index is 1.95. The highest BCUT2D eigenvalue weighted by atomic mass is 32.2. The maximum atomic E-state index is 12.2. The van der Waals surface area contributed by atoms with E-state index in [4.69, 9.17) is 5.11 Å². The van der Waals surface area contributed by atoms with Crippen molar-refractivity contribution in [1.29, 1.82) is 0 Å². The van der Waals surface area contributed by atoms with Gasteiger partial charge in [-0.05, 0) is 13.3 Å². The lowest BCUT2D eigenvalue weighted by molar-refractivity contribution is -0.147. The van der Waals surface area contributed by atoms with Crippen LogP contribution in [0.5, 0.6) is 0 Å². The molecule has 1 N–H and O–H groups in total. The first kappa shape index (κ1) is 12.5. The van der Waals surface area contributed by atoms with E-state index in [1.165, 1.54) is 0 Å². The van der Waals surface area contributed by atoms with Crippen LogP contribution in [0, 0.1) is 5.41 Å². The van der Waals surface area contributed by atoms with Crippen LogP contribution in [-0.4, -0.2) is 64.6 Å². The fourth-order valence-electron chi connectivity index (χ4n) is 2.25. The van der Waals surface area contributed by atoms with Crippen molar-refractivity contribution >= 4 is 23.8 Å². The van der Waals surface area contributed by atoms with Crippen LogP contribution in [0.4, 0.5) is 4.79 Å². The van der Waals surface area contributed by atoms with E-state index in [-0.39, 0.29) is 6.03 Å². The molecule has 0 aliphatic carbocycles. The summed E-state index contributed by atoms with van der Waals surface area (Å²) in [5.41, 5.74) is -0.764. The van der Waals surface area contributed by atoms with Gasteiger partial charge in [-0.15, -0.1) is 0 Å². The van der Waals surface area contributed by atoms with E-state index in [9.17, 15) is 9.59 Å². The number of hydrogen-bond acceptors (Lipinski definition) is 3. The molecule has 2 amide bonds.